The molecule has 6 heterocycles. The molecule has 0 aliphatic rings. The van der Waals surface area contributed by atoms with Crippen LogP contribution in [0, 0.1) is 15.3 Å². The van der Waals surface area contributed by atoms with E-state index >= 15 is 0 Å². The van der Waals surface area contributed by atoms with Gasteiger partial charge in [-0.2, -0.15) is 0 Å². The number of nitrogens with zero attached hydrogens (tertiary/aromatic N) is 8. The van der Waals surface area contributed by atoms with Crippen molar-refractivity contribution in [1.29, 1.82) is 0 Å². The second-order valence-corrected chi connectivity index (χ2v) is 14.8. The molecular formula is C36H32F2IKN8O4PdS4. The van der Waals surface area contributed by atoms with Crippen molar-refractivity contribution in [2.75, 3.05) is 12.5 Å². The number of carbonyl (C=O) groups is 2. The fraction of sp³-hybridized carbons (Fsp3) is 0.111. The second kappa shape index (κ2) is 25.8. The molecular weight excluding hydrogens is 1050 g/mol. The maximum absolute atomic E-state index is 13.2. The predicted molar refractivity (Wildman–Crippen MR) is 224 cm³/mol. The van der Waals surface area contributed by atoms with E-state index in [9.17, 15) is 8.78 Å². The molecule has 0 spiro atoms. The van der Waals surface area contributed by atoms with Crippen LogP contribution in [-0.2, 0) is 30.0 Å². The quantitative estimate of drug-likeness (QED) is 0.0620. The van der Waals surface area contributed by atoms with Gasteiger partial charge in [-0.1, -0.05) is 23.5 Å². The maximum atomic E-state index is 13.2. The van der Waals surface area contributed by atoms with Gasteiger partial charge in [-0.3, -0.25) is 18.4 Å². The van der Waals surface area contributed by atoms with Crippen molar-refractivity contribution >= 4 is 90.6 Å². The summed E-state index contributed by atoms with van der Waals surface area (Å²) in [6.07, 6.45) is 13.3. The van der Waals surface area contributed by atoms with Crippen molar-refractivity contribution in [3.63, 3.8) is 0 Å². The summed E-state index contributed by atoms with van der Waals surface area (Å²) in [5.41, 5.74) is 5.17. The molecule has 0 radical (unpaired) electrons. The van der Waals surface area contributed by atoms with Crippen molar-refractivity contribution in [3.05, 3.63) is 118 Å². The number of carboxylic acids is 2. The number of aromatic nitrogens is 8. The number of halogens is 3. The third-order valence-corrected chi connectivity index (χ3v) is 9.71. The zero-order valence-electron chi connectivity index (χ0n) is 31.7. The first-order valence-electron chi connectivity index (χ1n) is 15.6. The van der Waals surface area contributed by atoms with Crippen LogP contribution in [0.2, 0.25) is 0 Å². The first kappa shape index (κ1) is 50.6. The molecule has 0 aliphatic carbocycles. The van der Waals surface area contributed by atoms with Gasteiger partial charge in [0.05, 0.1) is 17.1 Å². The van der Waals surface area contributed by atoms with Crippen LogP contribution in [0.1, 0.15) is 15.3 Å². The molecule has 0 unspecified atom stereocenters. The van der Waals surface area contributed by atoms with Gasteiger partial charge < -0.3 is 11.6 Å². The second-order valence-electron chi connectivity index (χ2n) is 10.4. The number of thiazole rings is 2. The van der Waals surface area contributed by atoms with Crippen LogP contribution >= 0.6 is 68.8 Å². The van der Waals surface area contributed by atoms with Crippen LogP contribution in [0.5, 0.6) is 0 Å². The van der Waals surface area contributed by atoms with E-state index in [1.165, 1.54) is 36.0 Å². The summed E-state index contributed by atoms with van der Waals surface area (Å²) in [6.45, 7) is 2.17. The molecule has 12 nitrogen and oxygen atoms in total. The minimum absolute atomic E-state index is 0. The average Bonchev–Trinajstić information content (AvgIpc) is 3.95. The van der Waals surface area contributed by atoms with Crippen LogP contribution in [0.15, 0.2) is 113 Å². The molecule has 57 heavy (non-hydrogen) atoms. The fourth-order valence-corrected chi connectivity index (χ4v) is 6.99. The molecule has 0 saturated heterocycles. The van der Waals surface area contributed by atoms with Gasteiger partial charge in [0.1, 0.15) is 21.0 Å². The summed E-state index contributed by atoms with van der Waals surface area (Å²) < 4.78 is 30.9. The molecule has 0 fully saturated rings. The van der Waals surface area contributed by atoms with Crippen LogP contribution in [0.25, 0.3) is 43.8 Å². The van der Waals surface area contributed by atoms with E-state index in [4.69, 9.17) is 24.8 Å². The topological polar surface area (TPSA) is 161 Å². The number of imidazole rings is 2. The molecule has 8 rings (SSSR count). The average molecular weight is 1080 g/mol. The van der Waals surface area contributed by atoms with Crippen LogP contribution < -0.4 is 51.4 Å². The van der Waals surface area contributed by atoms with Crippen LogP contribution in [0.4, 0.5) is 8.78 Å². The first-order chi connectivity index (χ1) is 26.4. The zero-order valence-corrected chi connectivity index (χ0v) is 40.8. The van der Waals surface area contributed by atoms with Gasteiger partial charge in [-0.25, -0.2) is 38.7 Å². The monoisotopic (exact) mass is 1080 g/mol. The number of aliphatic carboxylic acids is 2. The third-order valence-electron chi connectivity index (χ3n) is 6.45. The van der Waals surface area contributed by atoms with Crippen molar-refractivity contribution in [1.82, 2.24) is 38.7 Å². The summed E-state index contributed by atoms with van der Waals surface area (Å²) in [6, 6.07) is 16.5. The molecule has 2 N–H and O–H groups in total. The normalized spacial score (nSPS) is 9.81. The Balaban J connectivity index is 0.000000416. The number of hydrogen-bond acceptors (Lipinski definition) is 12. The van der Waals surface area contributed by atoms with E-state index in [2.05, 4.69) is 47.5 Å². The van der Waals surface area contributed by atoms with Gasteiger partial charge in [0.25, 0.3) is 11.9 Å². The number of benzene rings is 2. The molecule has 0 atom stereocenters. The molecule has 21 heteroatoms. The van der Waals surface area contributed by atoms with Gasteiger partial charge in [0.15, 0.2) is 20.2 Å². The first-order valence-corrected chi connectivity index (χ1v) is 20.9. The number of thioether (sulfide) groups is 2. The summed E-state index contributed by atoms with van der Waals surface area (Å²) in [7, 11) is 0. The number of rotatable bonds is 5. The van der Waals surface area contributed by atoms with E-state index in [1.54, 1.807) is 71.1 Å². The Labute approximate surface area is 414 Å². The summed E-state index contributed by atoms with van der Waals surface area (Å²) in [5, 5.41) is 20.3. The number of hydrogen-bond donors (Lipinski definition) is 2. The Hall–Kier alpha value is -2.53. The van der Waals surface area contributed by atoms with E-state index in [0.717, 1.165) is 66.5 Å². The molecule has 296 valence electrons. The van der Waals surface area contributed by atoms with Crippen molar-refractivity contribution in [2.24, 2.45) is 0 Å². The maximum Gasteiger partial charge on any atom is 1.00 e. The van der Waals surface area contributed by atoms with E-state index in [1.807, 2.05) is 62.8 Å². The standard InChI is InChI=1S/C16H11FN4S2.C11H7FN2S.C5H5IN2S.2C2H4O2.K.Pd.H/c1-22-15-18-7-6-12(19-15)14-13(10-2-4-11(17)5-3-10)20-16-21(14)8-9-23-16;12-9-3-1-8(2-4-9)10-7-14-5-6-15-11(14)13-10;1-9-5-7-3-2-4(6)8-5;2*1-2(3)4;;;/h2-9H,1H3;1-7H;2-3H,1H3;2*1H3,(H,3,4);;;/q;;;;;+1;;-1. The van der Waals surface area contributed by atoms with Gasteiger partial charge in [0.2, 0.25) is 0 Å². The minimum Gasteiger partial charge on any atom is -1.00 e. The van der Waals surface area contributed by atoms with E-state index < -0.39 is 11.9 Å². The molecule has 0 bridgehead atoms. The van der Waals surface area contributed by atoms with Gasteiger partial charge in [-0.05, 0) is 95.8 Å². The zero-order chi connectivity index (χ0) is 39.9. The third kappa shape index (κ3) is 16.2. The van der Waals surface area contributed by atoms with Crippen LogP contribution in [0.3, 0.4) is 0 Å². The van der Waals surface area contributed by atoms with Crippen molar-refractivity contribution < 1.29 is 102 Å². The Morgan fingerprint density at radius 1 is 0.719 bits per heavy atom. The summed E-state index contributed by atoms with van der Waals surface area (Å²) in [5.74, 6) is -2.15. The largest absolute Gasteiger partial charge is 1.00 e. The smallest absolute Gasteiger partial charge is 1.00 e. The SMILES string of the molecule is CC(=O)O.CC(=O)O.CSc1nccc(-c2c(-c3ccc(F)cc3)nc3sccn23)n1.CSc1nccc(I)n1.Fc1ccc(-c2cn3ccsc3n2)cc1.[H-].[K+].[Pd]. The molecule has 2 aromatic carbocycles. The Bertz CT molecular complexity index is 2430. The Morgan fingerprint density at radius 2 is 1.23 bits per heavy atom. The predicted octanol–water partition coefficient (Wildman–Crippen LogP) is 6.68. The van der Waals surface area contributed by atoms with Crippen LogP contribution in [-0.4, -0.2) is 73.4 Å². The van der Waals surface area contributed by atoms with Gasteiger partial charge in [-0.15, -0.1) is 22.7 Å². The molecule has 8 aromatic rings. The van der Waals surface area contributed by atoms with Crippen molar-refractivity contribution in [2.45, 2.75) is 24.2 Å². The minimum atomic E-state index is -0.833. The number of carboxylic acid groups (broad SMARTS) is 2. The molecule has 0 saturated carbocycles. The Kier molecular flexibility index (Phi) is 22.9. The number of fused-ring (bicyclic) bond motifs is 2. The summed E-state index contributed by atoms with van der Waals surface area (Å²) in [4.78, 5) is 45.9. The van der Waals surface area contributed by atoms with E-state index in [0.29, 0.717) is 5.16 Å². The fourth-order valence-electron chi connectivity index (χ4n) is 4.32. The summed E-state index contributed by atoms with van der Waals surface area (Å²) >= 11 is 8.35. The molecule has 0 amide bonds. The van der Waals surface area contributed by atoms with E-state index in [-0.39, 0.29) is 84.9 Å². The Morgan fingerprint density at radius 3 is 1.75 bits per heavy atom. The van der Waals surface area contributed by atoms with Gasteiger partial charge >= 0.3 is 51.4 Å². The van der Waals surface area contributed by atoms with Crippen molar-refractivity contribution in [3.8, 4) is 33.9 Å². The molecule has 0 aliphatic heterocycles. The molecule has 6 aromatic heterocycles. The van der Waals surface area contributed by atoms with Gasteiger partial charge in [0, 0.05) is 87.1 Å².